The van der Waals surface area contributed by atoms with Crippen molar-refractivity contribution in [3.63, 3.8) is 0 Å². The highest BCUT2D eigenvalue weighted by molar-refractivity contribution is 6.00. The van der Waals surface area contributed by atoms with Crippen molar-refractivity contribution in [3.8, 4) is 11.5 Å². The first kappa shape index (κ1) is 22.6. The van der Waals surface area contributed by atoms with Crippen LogP contribution in [0.3, 0.4) is 0 Å². The third kappa shape index (κ3) is 6.21. The van der Waals surface area contributed by atoms with E-state index in [-0.39, 0.29) is 18.6 Å². The summed E-state index contributed by atoms with van der Waals surface area (Å²) in [6.07, 6.45) is -1.03. The van der Waals surface area contributed by atoms with E-state index < -0.39 is 12.1 Å². The van der Waals surface area contributed by atoms with Gasteiger partial charge >= 0.3 is 12.1 Å². The summed E-state index contributed by atoms with van der Waals surface area (Å²) in [7, 11) is 0. The Balaban J connectivity index is 0.000000339. The van der Waals surface area contributed by atoms with E-state index in [1.165, 1.54) is 5.56 Å². The number of alkyl halides is 3. The molecule has 1 fully saturated rings. The quantitative estimate of drug-likeness (QED) is 0.689. The Morgan fingerprint density at radius 2 is 1.71 bits per heavy atom. The van der Waals surface area contributed by atoms with Crippen molar-refractivity contribution in [2.75, 3.05) is 6.79 Å². The zero-order valence-corrected chi connectivity index (χ0v) is 16.5. The van der Waals surface area contributed by atoms with E-state index in [1.807, 2.05) is 18.2 Å². The predicted molar refractivity (Wildman–Crippen MR) is 105 cm³/mol. The Bertz CT molecular complexity index is 917. The molecule has 6 nitrogen and oxygen atoms in total. The number of benzene rings is 2. The Morgan fingerprint density at radius 1 is 1.03 bits per heavy atom. The molecule has 0 saturated carbocycles. The fraction of sp³-hybridized carbons (Fsp3) is 0.364. The molecule has 0 bridgehead atoms. The summed E-state index contributed by atoms with van der Waals surface area (Å²) >= 11 is 0. The number of aryl methyl sites for hydroxylation is 1. The molecule has 2 aliphatic heterocycles. The number of fused-ring (bicyclic) bond motifs is 1. The maximum atomic E-state index is 12.7. The number of nitrogens with one attached hydrogen (secondary N) is 1. The van der Waals surface area contributed by atoms with Gasteiger partial charge in [-0.05, 0) is 49.4 Å². The second-order valence-corrected chi connectivity index (χ2v) is 7.25. The number of carboxylic acid groups (broad SMARTS) is 1. The summed E-state index contributed by atoms with van der Waals surface area (Å²) in [6, 6.07) is 16.3. The van der Waals surface area contributed by atoms with Crippen molar-refractivity contribution in [1.82, 2.24) is 5.32 Å². The highest BCUT2D eigenvalue weighted by Gasteiger charge is 2.38. The number of ether oxygens (including phenoxy) is 2. The van der Waals surface area contributed by atoms with Crippen molar-refractivity contribution < 1.29 is 37.3 Å². The molecule has 2 aliphatic rings. The summed E-state index contributed by atoms with van der Waals surface area (Å²) in [4.78, 5) is 21.6. The van der Waals surface area contributed by atoms with Crippen molar-refractivity contribution in [2.24, 2.45) is 0 Å². The summed E-state index contributed by atoms with van der Waals surface area (Å²) in [6.45, 7) is 0.232. The third-order valence-electron chi connectivity index (χ3n) is 5.08. The summed E-state index contributed by atoms with van der Waals surface area (Å²) < 4.78 is 42.4. The van der Waals surface area contributed by atoms with Gasteiger partial charge in [0.1, 0.15) is 0 Å². The van der Waals surface area contributed by atoms with E-state index in [9.17, 15) is 18.0 Å². The summed E-state index contributed by atoms with van der Waals surface area (Å²) in [5.41, 5.74) is 2.05. The van der Waals surface area contributed by atoms with Gasteiger partial charge in [0.25, 0.3) is 0 Å². The minimum Gasteiger partial charge on any atom is -0.475 e. The van der Waals surface area contributed by atoms with Gasteiger partial charge in [0, 0.05) is 11.6 Å². The van der Waals surface area contributed by atoms with Gasteiger partial charge in [-0.1, -0.05) is 30.3 Å². The molecule has 166 valence electrons. The number of carbonyl (C=O) groups is 2. The van der Waals surface area contributed by atoms with Crippen LogP contribution in [0.15, 0.2) is 48.5 Å². The molecule has 2 aromatic carbocycles. The molecule has 2 heterocycles. The molecule has 9 heteroatoms. The zero-order valence-electron chi connectivity index (χ0n) is 16.5. The number of rotatable bonds is 5. The molecule has 0 amide bonds. The van der Waals surface area contributed by atoms with Gasteiger partial charge in [-0.3, -0.25) is 4.79 Å². The van der Waals surface area contributed by atoms with Gasteiger partial charge in [0.2, 0.25) is 6.79 Å². The minimum absolute atomic E-state index is 0.0915. The highest BCUT2D eigenvalue weighted by atomic mass is 19.4. The average molecular weight is 437 g/mol. The minimum atomic E-state index is -5.08. The lowest BCUT2D eigenvalue weighted by molar-refractivity contribution is -0.192. The van der Waals surface area contributed by atoms with Gasteiger partial charge in [-0.25, -0.2) is 4.79 Å². The van der Waals surface area contributed by atoms with Crippen LogP contribution in [0, 0.1) is 0 Å². The van der Waals surface area contributed by atoms with Crippen LogP contribution in [-0.4, -0.2) is 41.9 Å². The number of hydrogen-bond acceptors (Lipinski definition) is 5. The van der Waals surface area contributed by atoms with Gasteiger partial charge in [-0.15, -0.1) is 0 Å². The average Bonchev–Trinajstić information content (AvgIpc) is 3.41. The van der Waals surface area contributed by atoms with E-state index in [2.05, 4.69) is 29.6 Å². The van der Waals surface area contributed by atoms with Crippen LogP contribution in [0.4, 0.5) is 13.2 Å². The largest absolute Gasteiger partial charge is 0.490 e. The van der Waals surface area contributed by atoms with Crippen LogP contribution in [0.2, 0.25) is 0 Å². The number of Topliss-reactive ketones (excluding diaryl/α,β-unsaturated/α-hetero) is 1. The number of ketones is 1. The fourth-order valence-electron chi connectivity index (χ4n) is 3.49. The van der Waals surface area contributed by atoms with E-state index in [1.54, 1.807) is 6.07 Å². The third-order valence-corrected chi connectivity index (χ3v) is 5.08. The van der Waals surface area contributed by atoms with E-state index in [0.29, 0.717) is 23.1 Å². The molecule has 4 rings (SSSR count). The first-order valence-electron chi connectivity index (χ1n) is 9.78. The lowest BCUT2D eigenvalue weighted by Gasteiger charge is -2.14. The Morgan fingerprint density at radius 3 is 2.39 bits per heavy atom. The van der Waals surface area contributed by atoms with Gasteiger partial charge < -0.3 is 19.9 Å². The summed E-state index contributed by atoms with van der Waals surface area (Å²) in [5.74, 6) is -1.23. The first-order valence-corrected chi connectivity index (χ1v) is 9.78. The number of carboxylic acids is 1. The predicted octanol–water partition coefficient (Wildman–Crippen LogP) is 3.98. The van der Waals surface area contributed by atoms with Gasteiger partial charge in [0.05, 0.1) is 6.04 Å². The maximum Gasteiger partial charge on any atom is 0.490 e. The highest BCUT2D eigenvalue weighted by Crippen LogP contribution is 2.33. The standard InChI is InChI=1S/C20H21NO3.C2HF3O2/c22-20(15-7-11-18-19(12-15)24-13-23-18)17-10-9-16(21-17)8-6-14-4-2-1-3-5-14;3-2(4,5)1(6)7/h1-5,7,11-12,16-17,21H,6,8-10,13H2;(H,6,7)/t16-,17+;/m0./s1. The van der Waals surface area contributed by atoms with Gasteiger partial charge in [0.15, 0.2) is 17.3 Å². The van der Waals surface area contributed by atoms with Crippen molar-refractivity contribution in [3.05, 3.63) is 59.7 Å². The van der Waals surface area contributed by atoms with Crippen LogP contribution in [0.1, 0.15) is 35.2 Å². The van der Waals surface area contributed by atoms with Crippen LogP contribution in [0.25, 0.3) is 0 Å². The second kappa shape index (κ2) is 9.82. The molecular weight excluding hydrogens is 415 g/mol. The molecule has 0 aromatic heterocycles. The lowest BCUT2D eigenvalue weighted by atomic mass is 10.0. The normalized spacial score (nSPS) is 19.5. The number of carbonyl (C=O) groups excluding carboxylic acids is 1. The Labute approximate surface area is 177 Å². The monoisotopic (exact) mass is 437 g/mol. The molecule has 31 heavy (non-hydrogen) atoms. The second-order valence-electron chi connectivity index (χ2n) is 7.25. The van der Waals surface area contributed by atoms with Crippen LogP contribution in [0.5, 0.6) is 11.5 Å². The molecule has 1 saturated heterocycles. The molecule has 2 N–H and O–H groups in total. The van der Waals surface area contributed by atoms with Crippen molar-refractivity contribution >= 4 is 11.8 Å². The zero-order chi connectivity index (χ0) is 22.4. The maximum absolute atomic E-state index is 12.7. The Hall–Kier alpha value is -3.07. The van der Waals surface area contributed by atoms with E-state index >= 15 is 0 Å². The molecule has 0 unspecified atom stereocenters. The number of aliphatic carboxylic acids is 1. The number of hydrogen-bond donors (Lipinski definition) is 2. The molecular formula is C22H22F3NO5. The fourth-order valence-corrected chi connectivity index (χ4v) is 3.49. The first-order chi connectivity index (χ1) is 14.7. The number of halogens is 3. The molecule has 2 atom stereocenters. The topological polar surface area (TPSA) is 84.9 Å². The van der Waals surface area contributed by atoms with Crippen LogP contribution in [-0.2, 0) is 11.2 Å². The van der Waals surface area contributed by atoms with E-state index in [0.717, 1.165) is 25.7 Å². The van der Waals surface area contributed by atoms with Crippen LogP contribution < -0.4 is 14.8 Å². The van der Waals surface area contributed by atoms with Crippen molar-refractivity contribution in [1.29, 1.82) is 0 Å². The smallest absolute Gasteiger partial charge is 0.475 e. The van der Waals surface area contributed by atoms with E-state index in [4.69, 9.17) is 19.4 Å². The Kier molecular flexibility index (Phi) is 7.17. The van der Waals surface area contributed by atoms with Gasteiger partial charge in [-0.2, -0.15) is 13.2 Å². The molecule has 0 spiro atoms. The summed E-state index contributed by atoms with van der Waals surface area (Å²) in [5, 5.41) is 10.6. The SMILES string of the molecule is O=C(O)C(F)(F)F.O=C(c1ccc2c(c1)OCO2)[C@H]1CC[C@H](CCc2ccccc2)N1. The molecule has 0 aliphatic carbocycles. The molecule has 2 aromatic rings. The van der Waals surface area contributed by atoms with Crippen molar-refractivity contribution in [2.45, 2.75) is 43.9 Å². The lowest BCUT2D eigenvalue weighted by Crippen LogP contribution is -2.35. The van der Waals surface area contributed by atoms with Crippen LogP contribution >= 0.6 is 0 Å². The molecule has 0 radical (unpaired) electrons.